The van der Waals surface area contributed by atoms with Crippen LogP contribution in [0.4, 0.5) is 0 Å². The van der Waals surface area contributed by atoms with Crippen molar-refractivity contribution in [3.05, 3.63) is 0 Å². The fourth-order valence-corrected chi connectivity index (χ4v) is 0.144. The van der Waals surface area contributed by atoms with Gasteiger partial charge in [0.15, 0.2) is 0 Å². The summed E-state index contributed by atoms with van der Waals surface area (Å²) in [4.78, 5) is 0. The fourth-order valence-electron chi connectivity index (χ4n) is 0.144. The number of nitrogens with one attached hydrogen (secondary N) is 1. The van der Waals surface area contributed by atoms with E-state index in [0.29, 0.717) is 0 Å². The predicted molar refractivity (Wildman–Crippen MR) is 25.3 cm³/mol. The summed E-state index contributed by atoms with van der Waals surface area (Å²) in [6.45, 7) is 0. The van der Waals surface area contributed by atoms with Crippen LogP contribution in [-0.4, -0.2) is 20.9 Å². The highest BCUT2D eigenvalue weighted by Crippen LogP contribution is 1.32. The molecule has 5 heavy (non-hydrogen) atoms. The van der Waals surface area contributed by atoms with Gasteiger partial charge in [-0.15, -0.1) is 0 Å². The largest absolute Gasteiger partial charge is 0.372 e. The summed E-state index contributed by atoms with van der Waals surface area (Å²) >= 11 is 0. The first-order valence-electron chi connectivity index (χ1n) is 1.76. The third kappa shape index (κ3) is 3.98. The van der Waals surface area contributed by atoms with Crippen molar-refractivity contribution in [1.82, 2.24) is 5.32 Å². The zero-order chi connectivity index (χ0) is 4.12. The van der Waals surface area contributed by atoms with Gasteiger partial charge < -0.3 is 11.0 Å². The number of hydrogen-bond donors (Lipinski definition) is 2. The van der Waals surface area contributed by atoms with Crippen LogP contribution in [0.2, 0.25) is 0 Å². The first-order chi connectivity index (χ1) is 2.41. The lowest BCUT2D eigenvalue weighted by atomic mass is 9.99. The molecule has 0 unspecified atom stereocenters. The van der Waals surface area contributed by atoms with E-state index in [-0.39, 0.29) is 0 Å². The quantitative estimate of drug-likeness (QED) is 0.388. The molecule has 0 aromatic rings. The van der Waals surface area contributed by atoms with Crippen LogP contribution in [-0.2, 0) is 0 Å². The molecule has 0 radical (unpaired) electrons. The normalized spacial score (nSPS) is 7.60. The minimum absolute atomic E-state index is 0.733. The van der Waals surface area contributed by atoms with Gasteiger partial charge in [0.05, 0.1) is 0 Å². The van der Waals surface area contributed by atoms with Crippen molar-refractivity contribution in [2.45, 2.75) is 0 Å². The Kier molecular flexibility index (Phi) is 3.97. The molecule has 0 spiro atoms. The Hall–Kier alpha value is -0.0151. The van der Waals surface area contributed by atoms with Crippen molar-refractivity contribution < 1.29 is 0 Å². The van der Waals surface area contributed by atoms with E-state index in [4.69, 9.17) is 5.64 Å². The first-order valence-corrected chi connectivity index (χ1v) is 1.76. The fraction of sp³-hybridized carbons (Fsp3) is 1.00. The van der Waals surface area contributed by atoms with E-state index in [1.54, 1.807) is 0 Å². The Morgan fingerprint density at radius 3 is 2.60 bits per heavy atom. The van der Waals surface area contributed by atoms with Crippen LogP contribution in [0.25, 0.3) is 0 Å². The maximum absolute atomic E-state index is 5.08. The standard InChI is InChI=1S/C2H9BN2/c1-5-2-3-4/h3,5H,2,4H2,1H3. The molecule has 0 aromatic carbocycles. The molecule has 0 saturated heterocycles. The van der Waals surface area contributed by atoms with Crippen molar-refractivity contribution in [1.29, 1.82) is 0 Å². The summed E-state index contributed by atoms with van der Waals surface area (Å²) in [5.74, 6) is 0. The minimum atomic E-state index is 0.733. The third-order valence-electron chi connectivity index (χ3n) is 0.394. The Bertz CT molecular complexity index is 15.1. The molecule has 2 nitrogen and oxygen atoms in total. The summed E-state index contributed by atoms with van der Waals surface area (Å²) in [6, 6.07) is 0. The van der Waals surface area contributed by atoms with E-state index in [1.807, 2.05) is 7.05 Å². The van der Waals surface area contributed by atoms with Gasteiger partial charge in [0.1, 0.15) is 0 Å². The van der Waals surface area contributed by atoms with E-state index in [2.05, 4.69) is 5.32 Å². The lowest BCUT2D eigenvalue weighted by Gasteiger charge is -1.82. The van der Waals surface area contributed by atoms with Gasteiger partial charge in [-0.05, 0) is 13.5 Å². The second-order valence-electron chi connectivity index (χ2n) is 0.892. The van der Waals surface area contributed by atoms with Gasteiger partial charge in [0, 0.05) is 0 Å². The Balaban J connectivity index is 2.19. The smallest absolute Gasteiger partial charge is 0.212 e. The Morgan fingerprint density at radius 1 is 2.00 bits per heavy atom. The molecule has 0 aromatic heterocycles. The lowest BCUT2D eigenvalue weighted by Crippen LogP contribution is -2.21. The van der Waals surface area contributed by atoms with E-state index >= 15 is 0 Å². The second kappa shape index (κ2) is 3.98. The van der Waals surface area contributed by atoms with Crippen molar-refractivity contribution in [3.8, 4) is 0 Å². The summed E-state index contributed by atoms with van der Waals surface area (Å²) < 4.78 is 0. The molecule has 0 aliphatic carbocycles. The molecule has 0 heterocycles. The highest BCUT2D eigenvalue weighted by Gasteiger charge is 1.69. The third-order valence-corrected chi connectivity index (χ3v) is 0.394. The van der Waals surface area contributed by atoms with Gasteiger partial charge >= 0.3 is 0 Å². The molecule has 0 aliphatic rings. The van der Waals surface area contributed by atoms with Gasteiger partial charge in [0.2, 0.25) is 7.41 Å². The van der Waals surface area contributed by atoms with Crippen LogP contribution >= 0.6 is 0 Å². The molecule has 0 atom stereocenters. The van der Waals surface area contributed by atoms with Crippen LogP contribution in [0.1, 0.15) is 0 Å². The van der Waals surface area contributed by atoms with E-state index < -0.39 is 0 Å². The SMILES string of the molecule is CNCBN. The summed E-state index contributed by atoms with van der Waals surface area (Å²) in [6.07, 6.45) is 0.917. The highest BCUT2D eigenvalue weighted by molar-refractivity contribution is 6.31. The van der Waals surface area contributed by atoms with Crippen molar-refractivity contribution in [3.63, 3.8) is 0 Å². The maximum Gasteiger partial charge on any atom is 0.212 e. The molecular formula is C2H9BN2. The Labute approximate surface area is 33.0 Å². The average molecular weight is 71.9 g/mol. The predicted octanol–water partition coefficient (Wildman–Crippen LogP) is -1.53. The van der Waals surface area contributed by atoms with Gasteiger partial charge in [0.25, 0.3) is 0 Å². The highest BCUT2D eigenvalue weighted by atomic mass is 14.8. The lowest BCUT2D eigenvalue weighted by molar-refractivity contribution is 0.965. The molecule has 0 rings (SSSR count). The van der Waals surface area contributed by atoms with Crippen LogP contribution < -0.4 is 11.0 Å². The molecule has 0 saturated carbocycles. The zero-order valence-electron chi connectivity index (χ0n) is 3.49. The average Bonchev–Trinajstić information content (AvgIpc) is 1.41. The summed E-state index contributed by atoms with van der Waals surface area (Å²) in [7, 11) is 2.61. The molecule has 0 bridgehead atoms. The van der Waals surface area contributed by atoms with Gasteiger partial charge in [-0.1, -0.05) is 0 Å². The van der Waals surface area contributed by atoms with E-state index in [1.165, 1.54) is 0 Å². The van der Waals surface area contributed by atoms with Crippen LogP contribution in [0.5, 0.6) is 0 Å². The van der Waals surface area contributed by atoms with Crippen LogP contribution in [0, 0.1) is 0 Å². The van der Waals surface area contributed by atoms with E-state index in [9.17, 15) is 0 Å². The van der Waals surface area contributed by atoms with Gasteiger partial charge in [-0.2, -0.15) is 0 Å². The second-order valence-corrected chi connectivity index (χ2v) is 0.892. The van der Waals surface area contributed by atoms with E-state index in [0.717, 1.165) is 13.9 Å². The van der Waals surface area contributed by atoms with Crippen molar-refractivity contribution in [2.75, 3.05) is 13.5 Å². The van der Waals surface area contributed by atoms with Crippen LogP contribution in [0.3, 0.4) is 0 Å². The molecule has 3 N–H and O–H groups in total. The Morgan fingerprint density at radius 2 is 2.60 bits per heavy atom. The van der Waals surface area contributed by atoms with Crippen LogP contribution in [0.15, 0.2) is 0 Å². The van der Waals surface area contributed by atoms with Gasteiger partial charge in [-0.25, -0.2) is 0 Å². The molecule has 3 heteroatoms. The molecule has 30 valence electrons. The number of rotatable bonds is 2. The number of nitrogens with two attached hydrogens (primary N) is 1. The topological polar surface area (TPSA) is 38.0 Å². The summed E-state index contributed by atoms with van der Waals surface area (Å²) in [5.41, 5.74) is 5.08. The monoisotopic (exact) mass is 72.1 g/mol. The van der Waals surface area contributed by atoms with Crippen molar-refractivity contribution in [2.24, 2.45) is 5.64 Å². The summed E-state index contributed by atoms with van der Waals surface area (Å²) in [5, 5.41) is 2.89. The minimum Gasteiger partial charge on any atom is -0.372 e. The van der Waals surface area contributed by atoms with Gasteiger partial charge in [-0.3, -0.25) is 0 Å². The first kappa shape index (κ1) is 4.98. The number of hydrogen-bond acceptors (Lipinski definition) is 2. The molecule has 0 fully saturated rings. The maximum atomic E-state index is 5.08. The molecule has 0 aliphatic heterocycles. The molecular weight excluding hydrogens is 62.8 g/mol. The molecule has 0 amide bonds. The zero-order valence-corrected chi connectivity index (χ0v) is 3.49. The van der Waals surface area contributed by atoms with Crippen molar-refractivity contribution >= 4 is 7.41 Å².